The van der Waals surface area contributed by atoms with Crippen molar-refractivity contribution in [3.8, 4) is 17.2 Å². The van der Waals surface area contributed by atoms with E-state index in [1.807, 2.05) is 6.07 Å². The summed E-state index contributed by atoms with van der Waals surface area (Å²) in [5.74, 6) is 1.56. The molecule has 1 heterocycles. The zero-order valence-electron chi connectivity index (χ0n) is 17.6. The maximum absolute atomic E-state index is 10.2. The Morgan fingerprint density at radius 1 is 0.968 bits per heavy atom. The van der Waals surface area contributed by atoms with Crippen LogP contribution in [0.5, 0.6) is 17.2 Å². The summed E-state index contributed by atoms with van der Waals surface area (Å²) in [5.41, 5.74) is 1.32. The fourth-order valence-corrected chi connectivity index (χ4v) is 3.46. The molecule has 0 aliphatic heterocycles. The second-order valence-electron chi connectivity index (χ2n) is 7.22. The Bertz CT molecular complexity index is 1000. The number of aromatic nitrogens is 2. The molecule has 0 amide bonds. The predicted octanol–water partition coefficient (Wildman–Crippen LogP) is 5.45. The molecule has 31 heavy (non-hydrogen) atoms. The largest absolute Gasteiger partial charge is 0.504 e. The highest BCUT2D eigenvalue weighted by molar-refractivity contribution is 6.31. The number of hydrogen-bond donors (Lipinski definition) is 3. The molecule has 0 unspecified atom stereocenters. The highest BCUT2D eigenvalue weighted by atomic mass is 35.5. The van der Waals surface area contributed by atoms with Crippen LogP contribution >= 0.6 is 11.6 Å². The molecule has 0 saturated heterocycles. The van der Waals surface area contributed by atoms with E-state index in [9.17, 15) is 5.11 Å². The van der Waals surface area contributed by atoms with Gasteiger partial charge in [0.1, 0.15) is 17.9 Å². The van der Waals surface area contributed by atoms with Gasteiger partial charge in [-0.15, -0.1) is 0 Å². The van der Waals surface area contributed by atoms with Crippen molar-refractivity contribution < 1.29 is 19.7 Å². The number of aliphatic hydroxyl groups is 1. The Morgan fingerprint density at radius 2 is 1.74 bits per heavy atom. The van der Waals surface area contributed by atoms with Crippen molar-refractivity contribution in [1.82, 2.24) is 9.97 Å². The van der Waals surface area contributed by atoms with Gasteiger partial charge < -0.3 is 25.0 Å². The smallest absolute Gasteiger partial charge is 0.162 e. The molecule has 0 fully saturated rings. The summed E-state index contributed by atoms with van der Waals surface area (Å²) >= 11 is 6.21. The van der Waals surface area contributed by atoms with Crippen molar-refractivity contribution in [1.29, 1.82) is 0 Å². The van der Waals surface area contributed by atoms with Gasteiger partial charge in [0.05, 0.1) is 24.9 Å². The van der Waals surface area contributed by atoms with Crippen molar-refractivity contribution in [2.75, 3.05) is 25.6 Å². The van der Waals surface area contributed by atoms with Gasteiger partial charge in [-0.3, -0.25) is 0 Å². The summed E-state index contributed by atoms with van der Waals surface area (Å²) in [6, 6.07) is 8.62. The quantitative estimate of drug-likeness (QED) is 0.319. The molecule has 0 aliphatic carbocycles. The number of benzene rings is 2. The van der Waals surface area contributed by atoms with E-state index in [0.29, 0.717) is 45.5 Å². The average Bonchev–Trinajstić information content (AvgIpc) is 2.77. The zero-order valence-corrected chi connectivity index (χ0v) is 18.4. The van der Waals surface area contributed by atoms with E-state index in [1.165, 1.54) is 13.4 Å². The first-order valence-corrected chi connectivity index (χ1v) is 10.8. The van der Waals surface area contributed by atoms with E-state index in [0.717, 1.165) is 38.5 Å². The minimum absolute atomic E-state index is 0.00871. The molecule has 0 atom stereocenters. The molecule has 166 valence electrons. The first kappa shape index (κ1) is 22.9. The van der Waals surface area contributed by atoms with Gasteiger partial charge in [-0.1, -0.05) is 37.3 Å². The number of phenolic OH excluding ortho intramolecular Hbond substituents is 1. The van der Waals surface area contributed by atoms with Gasteiger partial charge in [0.25, 0.3) is 0 Å². The number of halogens is 1. The maximum Gasteiger partial charge on any atom is 0.162 e. The van der Waals surface area contributed by atoms with Gasteiger partial charge in [-0.05, 0) is 37.1 Å². The number of ether oxygens (including phenoxy) is 2. The van der Waals surface area contributed by atoms with Crippen LogP contribution in [0.4, 0.5) is 11.5 Å². The molecule has 3 aromatic rings. The lowest BCUT2D eigenvalue weighted by Crippen LogP contribution is -2.02. The number of nitrogens with zero attached hydrogens (tertiary/aromatic N) is 2. The average molecular weight is 446 g/mol. The first-order chi connectivity index (χ1) is 15.1. The summed E-state index contributed by atoms with van der Waals surface area (Å²) in [5, 5.41) is 23.5. The highest BCUT2D eigenvalue weighted by Crippen LogP contribution is 2.36. The van der Waals surface area contributed by atoms with Crippen LogP contribution in [0.3, 0.4) is 0 Å². The predicted molar refractivity (Wildman–Crippen MR) is 123 cm³/mol. The Balaban J connectivity index is 1.69. The van der Waals surface area contributed by atoms with Crippen molar-refractivity contribution in [3.05, 3.63) is 41.7 Å². The summed E-state index contributed by atoms with van der Waals surface area (Å²) < 4.78 is 11.1. The molecule has 7 nitrogen and oxygen atoms in total. The Morgan fingerprint density at radius 3 is 2.52 bits per heavy atom. The molecule has 0 radical (unpaired) electrons. The number of hydrogen-bond acceptors (Lipinski definition) is 7. The lowest BCUT2D eigenvalue weighted by atomic mass is 10.1. The molecular formula is C23H28ClN3O4. The summed E-state index contributed by atoms with van der Waals surface area (Å²) in [7, 11) is 1.49. The first-order valence-electron chi connectivity index (χ1n) is 10.4. The van der Waals surface area contributed by atoms with Crippen LogP contribution in [0.15, 0.2) is 36.7 Å². The third kappa shape index (κ3) is 6.35. The Hall–Kier alpha value is -2.77. The Labute approximate surface area is 187 Å². The monoisotopic (exact) mass is 445 g/mol. The van der Waals surface area contributed by atoms with Crippen LogP contribution in [0.2, 0.25) is 5.02 Å². The van der Waals surface area contributed by atoms with Gasteiger partial charge >= 0.3 is 0 Å². The van der Waals surface area contributed by atoms with E-state index >= 15 is 0 Å². The van der Waals surface area contributed by atoms with Crippen molar-refractivity contribution >= 4 is 34.0 Å². The molecular weight excluding hydrogens is 418 g/mol. The minimum atomic E-state index is 0.00871. The zero-order chi connectivity index (χ0) is 22.1. The van der Waals surface area contributed by atoms with Crippen LogP contribution in [-0.2, 0) is 0 Å². The third-order valence-corrected chi connectivity index (χ3v) is 5.18. The molecule has 2 aromatic carbocycles. The van der Waals surface area contributed by atoms with Crippen LogP contribution < -0.4 is 14.8 Å². The molecule has 3 rings (SSSR count). The molecule has 0 aliphatic rings. The Kier molecular flexibility index (Phi) is 8.55. The van der Waals surface area contributed by atoms with Crippen molar-refractivity contribution in [3.63, 3.8) is 0 Å². The van der Waals surface area contributed by atoms with Gasteiger partial charge in [0.2, 0.25) is 0 Å². The summed E-state index contributed by atoms with van der Waals surface area (Å²) in [6.07, 6.45) is 7.69. The van der Waals surface area contributed by atoms with E-state index in [-0.39, 0.29) is 12.4 Å². The number of phenols is 1. The number of aliphatic hydroxyl groups excluding tert-OH is 1. The van der Waals surface area contributed by atoms with Crippen molar-refractivity contribution in [2.24, 2.45) is 0 Å². The topological polar surface area (TPSA) is 96.7 Å². The fraction of sp³-hybridized carbons (Fsp3) is 0.391. The molecule has 3 N–H and O–H groups in total. The maximum atomic E-state index is 10.2. The molecule has 8 heteroatoms. The number of nitrogens with one attached hydrogen (secondary N) is 1. The summed E-state index contributed by atoms with van der Waals surface area (Å²) in [4.78, 5) is 8.58. The molecule has 0 spiro atoms. The van der Waals surface area contributed by atoms with Crippen LogP contribution in [-0.4, -0.2) is 40.5 Å². The summed E-state index contributed by atoms with van der Waals surface area (Å²) in [6.45, 7) is 0.864. The van der Waals surface area contributed by atoms with Gasteiger partial charge in [-0.25, -0.2) is 9.97 Å². The molecule has 1 aromatic heterocycles. The number of fused-ring (bicyclic) bond motifs is 1. The van der Waals surface area contributed by atoms with Crippen LogP contribution in [0.25, 0.3) is 10.9 Å². The van der Waals surface area contributed by atoms with Crippen LogP contribution in [0.1, 0.15) is 38.5 Å². The number of rotatable bonds is 12. The van der Waals surface area contributed by atoms with E-state index in [2.05, 4.69) is 15.3 Å². The SMILES string of the molecule is COc1cc2ncnc(Nc3cc(Cl)ccc3OCCCCCCCCO)c2cc1O. The third-order valence-electron chi connectivity index (χ3n) is 4.94. The van der Waals surface area contributed by atoms with E-state index < -0.39 is 0 Å². The second kappa shape index (κ2) is 11.6. The van der Waals surface area contributed by atoms with Crippen LogP contribution in [0, 0.1) is 0 Å². The van der Waals surface area contributed by atoms with E-state index in [4.69, 9.17) is 26.2 Å². The van der Waals surface area contributed by atoms with Gasteiger partial charge in [0, 0.05) is 23.1 Å². The molecule has 0 saturated carbocycles. The number of anilines is 2. The van der Waals surface area contributed by atoms with E-state index in [1.54, 1.807) is 24.3 Å². The van der Waals surface area contributed by atoms with Gasteiger partial charge in [-0.2, -0.15) is 0 Å². The fourth-order valence-electron chi connectivity index (χ4n) is 3.29. The standard InChI is InChI=1S/C23H28ClN3O4/c1-30-22-14-18-17(13-20(22)29)23(26-15-25-18)27-19-12-16(24)8-9-21(19)31-11-7-5-3-2-4-6-10-28/h8-9,12-15,28-29H,2-7,10-11H2,1H3,(H,25,26,27). The minimum Gasteiger partial charge on any atom is -0.504 e. The lowest BCUT2D eigenvalue weighted by Gasteiger charge is -2.15. The normalized spacial score (nSPS) is 10.9. The van der Waals surface area contributed by atoms with Gasteiger partial charge in [0.15, 0.2) is 11.5 Å². The number of unbranched alkanes of at least 4 members (excludes halogenated alkanes) is 5. The number of methoxy groups -OCH3 is 1. The molecule has 0 bridgehead atoms. The van der Waals surface area contributed by atoms with Crippen molar-refractivity contribution in [2.45, 2.75) is 38.5 Å². The second-order valence-corrected chi connectivity index (χ2v) is 7.66. The number of aromatic hydroxyl groups is 1. The highest BCUT2D eigenvalue weighted by Gasteiger charge is 2.12. The lowest BCUT2D eigenvalue weighted by molar-refractivity contribution is 0.280.